The molecule has 1 amide bonds. The first-order valence-corrected chi connectivity index (χ1v) is 7.68. The minimum absolute atomic E-state index is 0.0811. The quantitative estimate of drug-likeness (QED) is 0.837. The van der Waals surface area contributed by atoms with Gasteiger partial charge in [-0.2, -0.15) is 0 Å². The third-order valence-electron chi connectivity index (χ3n) is 4.31. The summed E-state index contributed by atoms with van der Waals surface area (Å²) in [7, 11) is 0. The summed E-state index contributed by atoms with van der Waals surface area (Å²) in [5.74, 6) is -0.574. The Morgan fingerprint density at radius 1 is 1.19 bits per heavy atom. The Balaban J connectivity index is 2.00. The maximum absolute atomic E-state index is 12.2. The molecule has 1 fully saturated rings. The van der Waals surface area contributed by atoms with Crippen LogP contribution < -0.4 is 5.32 Å². The molecule has 21 heavy (non-hydrogen) atoms. The van der Waals surface area contributed by atoms with Crippen LogP contribution in [-0.4, -0.2) is 23.0 Å². The zero-order valence-corrected chi connectivity index (χ0v) is 12.5. The van der Waals surface area contributed by atoms with Crippen molar-refractivity contribution in [3.05, 3.63) is 35.4 Å². The summed E-state index contributed by atoms with van der Waals surface area (Å²) in [6.07, 6.45) is 5.92. The molecular formula is C17H23NO3. The fraction of sp³-hybridized carbons (Fsp3) is 0.529. The number of hydrogen-bond donors (Lipinski definition) is 2. The Hall–Kier alpha value is -1.84. The van der Waals surface area contributed by atoms with Gasteiger partial charge < -0.3 is 10.4 Å². The van der Waals surface area contributed by atoms with Gasteiger partial charge in [-0.15, -0.1) is 0 Å². The summed E-state index contributed by atoms with van der Waals surface area (Å²) < 4.78 is 0. The highest BCUT2D eigenvalue weighted by molar-refractivity contribution is 5.91. The predicted octanol–water partition coefficient (Wildman–Crippen LogP) is 3.01. The Labute approximate surface area is 125 Å². The summed E-state index contributed by atoms with van der Waals surface area (Å²) in [6, 6.07) is 6.91. The van der Waals surface area contributed by atoms with Crippen LogP contribution in [0.5, 0.6) is 0 Å². The zero-order valence-electron chi connectivity index (χ0n) is 12.5. The average molecular weight is 289 g/mol. The molecule has 0 bridgehead atoms. The van der Waals surface area contributed by atoms with Crippen LogP contribution in [0.3, 0.4) is 0 Å². The number of carbonyl (C=O) groups is 2. The topological polar surface area (TPSA) is 66.4 Å². The van der Waals surface area contributed by atoms with E-state index in [9.17, 15) is 9.59 Å². The van der Waals surface area contributed by atoms with Crippen LogP contribution in [0.15, 0.2) is 24.3 Å². The number of amides is 1. The molecule has 0 heterocycles. The molecule has 1 aliphatic rings. The second-order valence-corrected chi connectivity index (χ2v) is 5.93. The van der Waals surface area contributed by atoms with Gasteiger partial charge >= 0.3 is 5.97 Å². The van der Waals surface area contributed by atoms with Crippen molar-refractivity contribution in [1.82, 2.24) is 5.32 Å². The fourth-order valence-corrected chi connectivity index (χ4v) is 3.02. The third-order valence-corrected chi connectivity index (χ3v) is 4.31. The first-order chi connectivity index (χ1) is 10.1. The molecule has 114 valence electrons. The zero-order chi connectivity index (χ0) is 15.2. The van der Waals surface area contributed by atoms with E-state index < -0.39 is 5.97 Å². The molecule has 0 aromatic heterocycles. The molecule has 0 aliphatic heterocycles. The number of nitrogens with one attached hydrogen (secondary N) is 1. The highest BCUT2D eigenvalue weighted by Gasteiger charge is 2.22. The van der Waals surface area contributed by atoms with Gasteiger partial charge in [0.25, 0.3) is 0 Å². The van der Waals surface area contributed by atoms with Crippen molar-refractivity contribution >= 4 is 11.9 Å². The molecule has 0 saturated heterocycles. The van der Waals surface area contributed by atoms with E-state index >= 15 is 0 Å². The van der Waals surface area contributed by atoms with Crippen molar-refractivity contribution in [1.29, 1.82) is 0 Å². The summed E-state index contributed by atoms with van der Waals surface area (Å²) in [5, 5.41) is 12.2. The largest absolute Gasteiger partial charge is 0.478 e. The molecule has 2 unspecified atom stereocenters. The number of carboxylic acids is 1. The number of aromatic carboxylic acids is 1. The van der Waals surface area contributed by atoms with E-state index in [1.165, 1.54) is 12.8 Å². The van der Waals surface area contributed by atoms with Crippen molar-refractivity contribution in [2.75, 3.05) is 0 Å². The van der Waals surface area contributed by atoms with Crippen LogP contribution in [0.1, 0.15) is 54.9 Å². The lowest BCUT2D eigenvalue weighted by molar-refractivity contribution is -0.121. The average Bonchev–Trinajstić information content (AvgIpc) is 2.64. The Bertz CT molecular complexity index is 513. The maximum atomic E-state index is 12.2. The van der Waals surface area contributed by atoms with Gasteiger partial charge in [0.05, 0.1) is 12.0 Å². The third kappa shape index (κ3) is 4.31. The molecule has 2 N–H and O–H groups in total. The van der Waals surface area contributed by atoms with E-state index in [-0.39, 0.29) is 23.9 Å². The monoisotopic (exact) mass is 289 g/mol. The molecule has 0 spiro atoms. The van der Waals surface area contributed by atoms with Crippen LogP contribution >= 0.6 is 0 Å². The van der Waals surface area contributed by atoms with E-state index in [1.807, 2.05) is 0 Å². The van der Waals surface area contributed by atoms with Gasteiger partial charge in [0.1, 0.15) is 0 Å². The molecule has 1 aromatic rings. The standard InChI is InChI=1S/C17H23NO3/c1-12-7-3-2-4-10-15(12)18-16(19)11-13-8-5-6-9-14(13)17(20)21/h5-6,8-9,12,15H,2-4,7,10-11H2,1H3,(H,18,19)(H,20,21). The van der Waals surface area contributed by atoms with Gasteiger partial charge in [-0.25, -0.2) is 4.79 Å². The number of hydrogen-bond acceptors (Lipinski definition) is 2. The number of rotatable bonds is 4. The Kier molecular flexibility index (Phi) is 5.37. The lowest BCUT2D eigenvalue weighted by atomic mass is 9.96. The van der Waals surface area contributed by atoms with Crippen LogP contribution in [0.4, 0.5) is 0 Å². The number of benzene rings is 1. The van der Waals surface area contributed by atoms with E-state index in [4.69, 9.17) is 5.11 Å². The predicted molar refractivity (Wildman–Crippen MR) is 81.3 cm³/mol. The lowest BCUT2D eigenvalue weighted by Crippen LogP contribution is -2.39. The molecular weight excluding hydrogens is 266 g/mol. The highest BCUT2D eigenvalue weighted by atomic mass is 16.4. The van der Waals surface area contributed by atoms with E-state index in [2.05, 4.69) is 12.2 Å². The number of carbonyl (C=O) groups excluding carboxylic acids is 1. The first kappa shape index (κ1) is 15.5. The Morgan fingerprint density at radius 2 is 1.90 bits per heavy atom. The molecule has 2 rings (SSSR count). The van der Waals surface area contributed by atoms with Gasteiger partial charge in [0.2, 0.25) is 5.91 Å². The van der Waals surface area contributed by atoms with Crippen molar-refractivity contribution < 1.29 is 14.7 Å². The van der Waals surface area contributed by atoms with Crippen molar-refractivity contribution in [2.45, 2.75) is 51.5 Å². The lowest BCUT2D eigenvalue weighted by Gasteiger charge is -2.23. The minimum Gasteiger partial charge on any atom is -0.478 e. The molecule has 1 aliphatic carbocycles. The van der Waals surface area contributed by atoms with Gasteiger partial charge in [0.15, 0.2) is 0 Å². The SMILES string of the molecule is CC1CCCCCC1NC(=O)Cc1ccccc1C(=O)O. The van der Waals surface area contributed by atoms with E-state index in [0.717, 1.165) is 19.3 Å². The first-order valence-electron chi connectivity index (χ1n) is 7.68. The summed E-state index contributed by atoms with van der Waals surface area (Å²) in [4.78, 5) is 23.4. The second-order valence-electron chi connectivity index (χ2n) is 5.93. The van der Waals surface area contributed by atoms with Crippen molar-refractivity contribution in [2.24, 2.45) is 5.92 Å². The second kappa shape index (κ2) is 7.25. The Morgan fingerprint density at radius 3 is 2.67 bits per heavy atom. The van der Waals surface area contributed by atoms with Crippen LogP contribution in [0.2, 0.25) is 0 Å². The van der Waals surface area contributed by atoms with E-state index in [1.54, 1.807) is 24.3 Å². The normalized spacial score (nSPS) is 22.3. The molecule has 4 nitrogen and oxygen atoms in total. The summed E-state index contributed by atoms with van der Waals surface area (Å²) in [5.41, 5.74) is 0.783. The van der Waals surface area contributed by atoms with Crippen LogP contribution in [0.25, 0.3) is 0 Å². The van der Waals surface area contributed by atoms with Crippen molar-refractivity contribution in [3.8, 4) is 0 Å². The van der Waals surface area contributed by atoms with Crippen LogP contribution in [-0.2, 0) is 11.2 Å². The van der Waals surface area contributed by atoms with Gasteiger partial charge in [-0.3, -0.25) is 4.79 Å². The molecule has 1 saturated carbocycles. The minimum atomic E-state index is -0.985. The summed E-state index contributed by atoms with van der Waals surface area (Å²) >= 11 is 0. The highest BCUT2D eigenvalue weighted by Crippen LogP contribution is 2.23. The van der Waals surface area contributed by atoms with Crippen LogP contribution in [0, 0.1) is 5.92 Å². The van der Waals surface area contributed by atoms with Gasteiger partial charge in [-0.05, 0) is 30.4 Å². The van der Waals surface area contributed by atoms with E-state index in [0.29, 0.717) is 11.5 Å². The smallest absolute Gasteiger partial charge is 0.335 e. The summed E-state index contributed by atoms with van der Waals surface area (Å²) in [6.45, 7) is 2.18. The molecule has 4 heteroatoms. The van der Waals surface area contributed by atoms with Crippen molar-refractivity contribution in [3.63, 3.8) is 0 Å². The number of carboxylic acid groups (broad SMARTS) is 1. The molecule has 2 atom stereocenters. The fourth-order valence-electron chi connectivity index (χ4n) is 3.02. The van der Waals surface area contributed by atoms with Gasteiger partial charge in [-0.1, -0.05) is 44.4 Å². The maximum Gasteiger partial charge on any atom is 0.335 e. The molecule has 0 radical (unpaired) electrons. The molecule has 1 aromatic carbocycles. The van der Waals surface area contributed by atoms with Gasteiger partial charge in [0, 0.05) is 6.04 Å².